The summed E-state index contributed by atoms with van der Waals surface area (Å²) in [6.07, 6.45) is 11.2. The molecule has 0 atom stereocenters. The van der Waals surface area contributed by atoms with Crippen molar-refractivity contribution in [2.24, 2.45) is 0 Å². The first-order chi connectivity index (χ1) is 56.7. The molecule has 0 aliphatic carbocycles. The minimum absolute atomic E-state index is 0. The normalized spacial score (nSPS) is 11.1. The van der Waals surface area contributed by atoms with Crippen LogP contribution in [0.25, 0.3) is 190 Å². The zero-order valence-electron chi connectivity index (χ0n) is 66.5. The molecule has 0 radical (unpaired) electrons. The van der Waals surface area contributed by atoms with Crippen molar-refractivity contribution in [1.82, 2.24) is 29.9 Å². The Morgan fingerprint density at radius 2 is 0.407 bits per heavy atom. The Morgan fingerprint density at radius 1 is 0.186 bits per heavy atom. The number of aromatic nitrogens is 6. The van der Waals surface area contributed by atoms with Gasteiger partial charge in [-0.2, -0.15) is 5.56 Å². The molecule has 18 rings (SSSR count). The van der Waals surface area contributed by atoms with Gasteiger partial charge < -0.3 is 29.9 Å². The van der Waals surface area contributed by atoms with Crippen LogP contribution in [0.3, 0.4) is 0 Å². The Morgan fingerprint density at radius 3 is 0.644 bits per heavy atom. The maximum absolute atomic E-state index is 5.13. The second kappa shape index (κ2) is 34.3. The first kappa shape index (κ1) is 78.7. The van der Waals surface area contributed by atoms with Gasteiger partial charge in [-0.25, -0.2) is 17.7 Å². The molecule has 0 saturated heterocycles. The van der Waals surface area contributed by atoms with Gasteiger partial charge >= 0.3 is 40.2 Å². The summed E-state index contributed by atoms with van der Waals surface area (Å²) in [6, 6.07) is 126. The van der Waals surface area contributed by atoms with Crippen molar-refractivity contribution >= 4 is 0 Å². The SMILES string of the molecule is Cc1cc(-c2c[c-]c(-c3ccccn3)cc2)c(-c2cc(-c3ccccc3-c3c[c-]c(-c4ncc(-c5ccccc5-c5cc(-c6cc(C)c(C)cc6-c6c[c-]c(-c7ccccn7)cc6)cc(-c6cc(C)c(C)cc6-c6c[c-]c(-c7ccccn7)cc6)c5)cn4)[c-]c3)cc(-c3cc(C)c(C)cc3-c3c[c-]c(-c4ccccn4)cc3)c2)cc1C.[Ir+3].[Ir+3]. The Labute approximate surface area is 719 Å². The molecular weight excluding hydrogens is 1790 g/mol. The molecule has 566 valence electrons. The third-order valence-electron chi connectivity index (χ3n) is 22.6. The van der Waals surface area contributed by atoms with Crippen LogP contribution in [0.4, 0.5) is 0 Å². The molecule has 8 heteroatoms. The number of aryl methyl sites for hydroxylation is 8. The van der Waals surface area contributed by atoms with E-state index in [0.29, 0.717) is 11.4 Å². The fourth-order valence-corrected chi connectivity index (χ4v) is 15.7. The van der Waals surface area contributed by atoms with Gasteiger partial charge in [-0.3, -0.25) is 12.1 Å². The number of pyridine rings is 4. The van der Waals surface area contributed by atoms with Crippen LogP contribution in [0.2, 0.25) is 0 Å². The summed E-state index contributed by atoms with van der Waals surface area (Å²) in [4.78, 5) is 28.9. The quantitative estimate of drug-likeness (QED) is 0.0846. The number of benzene rings is 13. The average molecular weight is 1870 g/mol. The van der Waals surface area contributed by atoms with Gasteiger partial charge in [0.1, 0.15) is 0 Å². The van der Waals surface area contributed by atoms with Crippen LogP contribution in [0.15, 0.2) is 328 Å². The molecule has 5 heterocycles. The van der Waals surface area contributed by atoms with E-state index in [-0.39, 0.29) is 40.2 Å². The third-order valence-corrected chi connectivity index (χ3v) is 22.6. The molecule has 0 bridgehead atoms. The van der Waals surface area contributed by atoms with E-state index in [1.165, 1.54) is 44.5 Å². The van der Waals surface area contributed by atoms with Crippen molar-refractivity contribution in [1.29, 1.82) is 0 Å². The second-order valence-corrected chi connectivity index (χ2v) is 30.1. The summed E-state index contributed by atoms with van der Waals surface area (Å²) >= 11 is 0. The monoisotopic (exact) mass is 1870 g/mol. The fourth-order valence-electron chi connectivity index (χ4n) is 15.7. The van der Waals surface area contributed by atoms with Crippen molar-refractivity contribution in [2.75, 3.05) is 0 Å². The van der Waals surface area contributed by atoms with Crippen molar-refractivity contribution in [3.8, 4) is 190 Å². The number of hydrogen-bond acceptors (Lipinski definition) is 6. The molecule has 0 amide bonds. The fraction of sp³-hybridized carbons (Fsp3) is 0.0727. The zero-order valence-corrected chi connectivity index (χ0v) is 71.3. The van der Waals surface area contributed by atoms with Crippen LogP contribution < -0.4 is 0 Å². The Balaban J connectivity index is 0.00000520. The molecule has 6 nitrogen and oxygen atoms in total. The van der Waals surface area contributed by atoms with E-state index in [0.717, 1.165) is 179 Å². The summed E-state index contributed by atoms with van der Waals surface area (Å²) in [5.74, 6) is 0.522. The molecule has 0 N–H and O–H groups in total. The number of hydrogen-bond donors (Lipinski definition) is 0. The van der Waals surface area contributed by atoms with E-state index in [9.17, 15) is 0 Å². The van der Waals surface area contributed by atoms with E-state index >= 15 is 0 Å². The first-order valence-electron chi connectivity index (χ1n) is 39.2. The van der Waals surface area contributed by atoms with Crippen LogP contribution >= 0.6 is 0 Å². The van der Waals surface area contributed by atoms with Crippen molar-refractivity contribution in [2.45, 2.75) is 55.4 Å². The molecule has 0 unspecified atom stereocenters. The standard InChI is InChI=1S/C110H78N6.2Ir/c1-69-53-98(78-29-39-82(40-30-78)106-25-13-17-49-111-106)102(57-73(69)5)89-61-87(62-90(65-89)103-58-74(6)70(2)54-99(103)79-31-41-83(42-32-79)107-26-14-18-50-112-107)95-22-10-9-21-94(95)77-37-47-86(48-38-77)110-115-67-93(68-116-110)97-24-12-11-23-96(97)88-63-91(104-59-75(7)71(3)55-100(104)80-33-43-84(44-34-80)108-27-15-19-51-113-108)66-92(64-88)105-60-76(8)72(4)56-101(105)81-35-45-85(46-36-81)109-28-16-20-52-114-109;;/h9-39,41,43,45,49-68H,1-8H3;;/q-6;2*+3. The van der Waals surface area contributed by atoms with E-state index in [1.54, 1.807) is 0 Å². The van der Waals surface area contributed by atoms with Gasteiger partial charge in [-0.15, -0.1) is 119 Å². The van der Waals surface area contributed by atoms with Crippen LogP contribution in [-0.4, -0.2) is 29.9 Å². The average Bonchev–Trinajstić information content (AvgIpc) is 0.761. The minimum Gasteiger partial charge on any atom is -0.332 e. The van der Waals surface area contributed by atoms with Gasteiger partial charge in [0.15, 0.2) is 0 Å². The number of rotatable bonds is 17. The van der Waals surface area contributed by atoms with Gasteiger partial charge in [0.2, 0.25) is 0 Å². The molecule has 13 aromatic carbocycles. The van der Waals surface area contributed by atoms with Crippen molar-refractivity contribution < 1.29 is 40.2 Å². The largest absolute Gasteiger partial charge is 3.00 e. The predicted molar refractivity (Wildman–Crippen MR) is 477 cm³/mol. The van der Waals surface area contributed by atoms with Crippen molar-refractivity contribution in [3.63, 3.8) is 0 Å². The summed E-state index contributed by atoms with van der Waals surface area (Å²) in [5, 5.41) is 0. The summed E-state index contributed by atoms with van der Waals surface area (Å²) in [6.45, 7) is 17.6. The smallest absolute Gasteiger partial charge is 0.332 e. The van der Waals surface area contributed by atoms with Crippen LogP contribution in [0, 0.1) is 91.8 Å². The Bertz CT molecular complexity index is 5970. The molecule has 18 aromatic rings. The molecule has 0 fully saturated rings. The van der Waals surface area contributed by atoms with Crippen molar-refractivity contribution in [3.05, 3.63) is 409 Å². The summed E-state index contributed by atoms with van der Waals surface area (Å²) in [7, 11) is 0. The van der Waals surface area contributed by atoms with Gasteiger partial charge in [0.05, 0.1) is 0 Å². The zero-order chi connectivity index (χ0) is 78.9. The molecular formula is C110H78Ir2N6. The third kappa shape index (κ3) is 16.2. The van der Waals surface area contributed by atoms with E-state index < -0.39 is 0 Å². The molecule has 0 aliphatic rings. The molecule has 0 spiro atoms. The second-order valence-electron chi connectivity index (χ2n) is 30.1. The topological polar surface area (TPSA) is 77.3 Å². The Hall–Kier alpha value is -13.2. The van der Waals surface area contributed by atoms with Crippen LogP contribution in [-0.2, 0) is 40.2 Å². The van der Waals surface area contributed by atoms with E-state index in [4.69, 9.17) is 9.97 Å². The van der Waals surface area contributed by atoms with Crippen LogP contribution in [0.1, 0.15) is 44.5 Å². The molecule has 0 saturated carbocycles. The molecule has 118 heavy (non-hydrogen) atoms. The molecule has 0 aliphatic heterocycles. The van der Waals surface area contributed by atoms with E-state index in [1.807, 2.05) is 110 Å². The van der Waals surface area contributed by atoms with Gasteiger partial charge in [-0.1, -0.05) is 196 Å². The summed E-state index contributed by atoms with van der Waals surface area (Å²) in [5.41, 5.74) is 43.3. The van der Waals surface area contributed by atoms with Gasteiger partial charge in [-0.05, 0) is 261 Å². The maximum Gasteiger partial charge on any atom is 3.00 e. The first-order valence-corrected chi connectivity index (χ1v) is 39.2. The van der Waals surface area contributed by atoms with Crippen LogP contribution in [0.5, 0.6) is 0 Å². The number of nitrogens with zero attached hydrogens (tertiary/aromatic N) is 6. The molecule has 5 aromatic heterocycles. The minimum atomic E-state index is 0. The van der Waals surface area contributed by atoms with Gasteiger partial charge in [0.25, 0.3) is 0 Å². The predicted octanol–water partition coefficient (Wildman–Crippen LogP) is 27.7. The maximum atomic E-state index is 5.13. The Kier molecular flexibility index (Phi) is 22.9. The van der Waals surface area contributed by atoms with E-state index in [2.05, 4.69) is 330 Å². The van der Waals surface area contributed by atoms with Gasteiger partial charge in [0, 0.05) is 42.7 Å². The summed E-state index contributed by atoms with van der Waals surface area (Å²) < 4.78 is 0.